The summed E-state index contributed by atoms with van der Waals surface area (Å²) in [4.78, 5) is 0. The van der Waals surface area contributed by atoms with E-state index in [0.29, 0.717) is 0 Å². The predicted molar refractivity (Wildman–Crippen MR) is 71.0 cm³/mol. The average Bonchev–Trinajstić information content (AvgIpc) is 2.00. The highest BCUT2D eigenvalue weighted by atomic mass is 14.3. The van der Waals surface area contributed by atoms with Crippen LogP contribution in [-0.2, 0) is 0 Å². The molecule has 0 rings (SSSR count). The van der Waals surface area contributed by atoms with Crippen LogP contribution in [0.3, 0.4) is 0 Å². The van der Waals surface area contributed by atoms with E-state index in [2.05, 4.69) is 61.1 Å². The van der Waals surface area contributed by atoms with Gasteiger partial charge in [-0.15, -0.1) is 0 Å². The minimum absolute atomic E-state index is 0.208. The summed E-state index contributed by atoms with van der Waals surface area (Å²) >= 11 is 0. The molecule has 0 amide bonds. The molecule has 0 aromatic carbocycles. The standard InChI is InChI=1S/C15H28/c1-9-11-13(15(6,7)8)12(10-2)14(3,4)5/h10H,2,9,11H2,1,3-8H3/b13-12-. The summed E-state index contributed by atoms with van der Waals surface area (Å²) in [6.45, 7) is 19.9. The van der Waals surface area contributed by atoms with Gasteiger partial charge in [0.2, 0.25) is 0 Å². The van der Waals surface area contributed by atoms with Crippen molar-refractivity contribution in [1.29, 1.82) is 0 Å². The molecule has 0 aromatic rings. The molecule has 0 saturated heterocycles. The second kappa shape index (κ2) is 5.01. The van der Waals surface area contributed by atoms with Crippen molar-refractivity contribution in [3.05, 3.63) is 23.8 Å². The first-order valence-corrected chi connectivity index (χ1v) is 6.01. The fraction of sp³-hybridized carbons (Fsp3) is 0.733. The van der Waals surface area contributed by atoms with Crippen molar-refractivity contribution in [2.24, 2.45) is 10.8 Å². The van der Waals surface area contributed by atoms with E-state index < -0.39 is 0 Å². The average molecular weight is 208 g/mol. The summed E-state index contributed by atoms with van der Waals surface area (Å²) in [5, 5.41) is 0. The molecule has 0 heterocycles. The van der Waals surface area contributed by atoms with Gasteiger partial charge in [-0.05, 0) is 22.8 Å². The molecular formula is C15H28. The minimum Gasteiger partial charge on any atom is -0.0988 e. The lowest BCUT2D eigenvalue weighted by Crippen LogP contribution is -2.18. The van der Waals surface area contributed by atoms with Crippen molar-refractivity contribution >= 4 is 0 Å². The first-order chi connectivity index (χ1) is 6.64. The molecule has 0 aliphatic rings. The quantitative estimate of drug-likeness (QED) is 0.548. The molecule has 0 saturated carbocycles. The Hall–Kier alpha value is -0.520. The molecule has 0 nitrogen and oxygen atoms in total. The van der Waals surface area contributed by atoms with Gasteiger partial charge in [-0.2, -0.15) is 0 Å². The third-order valence-electron chi connectivity index (χ3n) is 2.74. The van der Waals surface area contributed by atoms with Gasteiger partial charge in [0.05, 0.1) is 0 Å². The molecule has 0 radical (unpaired) electrons. The van der Waals surface area contributed by atoms with Crippen LogP contribution in [0.25, 0.3) is 0 Å². The van der Waals surface area contributed by atoms with E-state index in [1.54, 1.807) is 5.57 Å². The zero-order valence-electron chi connectivity index (χ0n) is 11.7. The summed E-state index contributed by atoms with van der Waals surface area (Å²) in [5.74, 6) is 0. The van der Waals surface area contributed by atoms with E-state index in [1.165, 1.54) is 18.4 Å². The van der Waals surface area contributed by atoms with Crippen LogP contribution >= 0.6 is 0 Å². The van der Waals surface area contributed by atoms with Crippen molar-refractivity contribution in [1.82, 2.24) is 0 Å². The summed E-state index contributed by atoms with van der Waals surface area (Å²) in [6, 6.07) is 0. The number of hydrogen-bond donors (Lipinski definition) is 0. The molecule has 0 aromatic heterocycles. The normalized spacial score (nSPS) is 14.9. The maximum absolute atomic E-state index is 3.99. The van der Waals surface area contributed by atoms with Gasteiger partial charge in [0.25, 0.3) is 0 Å². The minimum atomic E-state index is 0.208. The zero-order valence-corrected chi connectivity index (χ0v) is 11.7. The van der Waals surface area contributed by atoms with Crippen molar-refractivity contribution in [3.63, 3.8) is 0 Å². The first kappa shape index (κ1) is 14.5. The Morgan fingerprint density at radius 1 is 1.00 bits per heavy atom. The summed E-state index contributed by atoms with van der Waals surface area (Å²) in [6.07, 6.45) is 4.44. The molecule has 0 atom stereocenters. The Bertz CT molecular complexity index is 240. The lowest BCUT2D eigenvalue weighted by atomic mass is 9.73. The van der Waals surface area contributed by atoms with E-state index in [9.17, 15) is 0 Å². The van der Waals surface area contributed by atoms with Crippen LogP contribution < -0.4 is 0 Å². The molecule has 0 aliphatic heterocycles. The van der Waals surface area contributed by atoms with Crippen LogP contribution in [0.5, 0.6) is 0 Å². The first-order valence-electron chi connectivity index (χ1n) is 6.01. The highest BCUT2D eigenvalue weighted by Crippen LogP contribution is 2.39. The molecule has 0 bridgehead atoms. The predicted octanol–water partition coefficient (Wildman–Crippen LogP) is 5.36. The molecule has 0 N–H and O–H groups in total. The summed E-state index contributed by atoms with van der Waals surface area (Å²) in [7, 11) is 0. The fourth-order valence-corrected chi connectivity index (χ4v) is 2.05. The maximum Gasteiger partial charge on any atom is -0.0132 e. The molecule has 0 spiro atoms. The Kier molecular flexibility index (Phi) is 4.83. The van der Waals surface area contributed by atoms with Gasteiger partial charge >= 0.3 is 0 Å². The molecule has 0 fully saturated rings. The smallest absolute Gasteiger partial charge is 0.0132 e. The van der Waals surface area contributed by atoms with Crippen LogP contribution in [0.15, 0.2) is 23.8 Å². The van der Waals surface area contributed by atoms with E-state index in [1.807, 2.05) is 0 Å². The highest BCUT2D eigenvalue weighted by Gasteiger charge is 2.25. The van der Waals surface area contributed by atoms with Crippen molar-refractivity contribution in [2.45, 2.75) is 61.3 Å². The number of rotatable bonds is 3. The van der Waals surface area contributed by atoms with Crippen molar-refractivity contribution < 1.29 is 0 Å². The fourth-order valence-electron chi connectivity index (χ4n) is 2.05. The lowest BCUT2D eigenvalue weighted by Gasteiger charge is -2.32. The van der Waals surface area contributed by atoms with Crippen LogP contribution in [0.2, 0.25) is 0 Å². The molecule has 15 heavy (non-hydrogen) atoms. The van der Waals surface area contributed by atoms with E-state index in [0.717, 1.165) is 0 Å². The Labute approximate surface area is 96.5 Å². The molecule has 0 aliphatic carbocycles. The van der Waals surface area contributed by atoms with Crippen LogP contribution in [-0.4, -0.2) is 0 Å². The topological polar surface area (TPSA) is 0 Å². The van der Waals surface area contributed by atoms with E-state index in [-0.39, 0.29) is 10.8 Å². The largest absolute Gasteiger partial charge is 0.0988 e. The monoisotopic (exact) mass is 208 g/mol. The Balaban J connectivity index is 5.49. The van der Waals surface area contributed by atoms with Crippen LogP contribution in [0.1, 0.15) is 61.3 Å². The zero-order chi connectivity index (χ0) is 12.3. The van der Waals surface area contributed by atoms with Gasteiger partial charge in [-0.25, -0.2) is 0 Å². The molecular weight excluding hydrogens is 180 g/mol. The Morgan fingerprint density at radius 2 is 1.47 bits per heavy atom. The third kappa shape index (κ3) is 4.24. The highest BCUT2D eigenvalue weighted by molar-refractivity contribution is 5.32. The molecule has 0 unspecified atom stereocenters. The van der Waals surface area contributed by atoms with Gasteiger partial charge in [-0.3, -0.25) is 0 Å². The maximum atomic E-state index is 3.99. The van der Waals surface area contributed by atoms with Crippen molar-refractivity contribution in [3.8, 4) is 0 Å². The summed E-state index contributed by atoms with van der Waals surface area (Å²) < 4.78 is 0. The van der Waals surface area contributed by atoms with Gasteiger partial charge in [0, 0.05) is 0 Å². The molecule has 0 heteroatoms. The van der Waals surface area contributed by atoms with E-state index in [4.69, 9.17) is 0 Å². The number of allylic oxidation sites excluding steroid dienone is 3. The molecule has 88 valence electrons. The second-order valence-corrected chi connectivity index (χ2v) is 6.35. The summed E-state index contributed by atoms with van der Waals surface area (Å²) in [5.41, 5.74) is 3.45. The van der Waals surface area contributed by atoms with Gasteiger partial charge in [-0.1, -0.05) is 73.1 Å². The van der Waals surface area contributed by atoms with Crippen LogP contribution in [0, 0.1) is 10.8 Å². The number of hydrogen-bond acceptors (Lipinski definition) is 0. The van der Waals surface area contributed by atoms with Gasteiger partial charge < -0.3 is 0 Å². The van der Waals surface area contributed by atoms with E-state index >= 15 is 0 Å². The van der Waals surface area contributed by atoms with Gasteiger partial charge in [0.15, 0.2) is 0 Å². The SMILES string of the molecule is C=C/C(=C(\CCC)C(C)(C)C)C(C)(C)C. The van der Waals surface area contributed by atoms with Gasteiger partial charge in [0.1, 0.15) is 0 Å². The third-order valence-corrected chi connectivity index (χ3v) is 2.74. The van der Waals surface area contributed by atoms with Crippen molar-refractivity contribution in [2.75, 3.05) is 0 Å². The Morgan fingerprint density at radius 3 is 1.67 bits per heavy atom. The lowest BCUT2D eigenvalue weighted by molar-refractivity contribution is 0.437. The second-order valence-electron chi connectivity index (χ2n) is 6.35. The van der Waals surface area contributed by atoms with Crippen LogP contribution in [0.4, 0.5) is 0 Å².